The standard InChI is InChI=1S/C20H16N6O3/c1-13-7-8-15-5-2-6-16(17(15)25-13)29-20-18(26(27)28)19(23-12-24-20)22-11-14-4-3-9-21-10-14/h2-10,12H,11H2,1H3,(H,22,23,24). The molecule has 9 nitrogen and oxygen atoms in total. The van der Waals surface area contributed by atoms with E-state index in [1.165, 1.54) is 6.33 Å². The molecule has 0 spiro atoms. The summed E-state index contributed by atoms with van der Waals surface area (Å²) in [4.78, 5) is 27.7. The summed E-state index contributed by atoms with van der Waals surface area (Å²) >= 11 is 0. The van der Waals surface area contributed by atoms with Crippen LogP contribution < -0.4 is 10.1 Å². The van der Waals surface area contributed by atoms with Crippen LogP contribution in [0.4, 0.5) is 11.5 Å². The molecule has 0 bridgehead atoms. The number of hydrogen-bond acceptors (Lipinski definition) is 8. The summed E-state index contributed by atoms with van der Waals surface area (Å²) in [6, 6.07) is 12.8. The minimum Gasteiger partial charge on any atom is -0.431 e. The van der Waals surface area contributed by atoms with Gasteiger partial charge in [-0.15, -0.1) is 0 Å². The molecule has 0 saturated heterocycles. The van der Waals surface area contributed by atoms with Crippen molar-refractivity contribution in [2.45, 2.75) is 13.5 Å². The Bertz CT molecular complexity index is 1180. The highest BCUT2D eigenvalue weighted by atomic mass is 16.6. The SMILES string of the molecule is Cc1ccc2cccc(Oc3ncnc(NCc4cccnc4)c3[N+](=O)[O-])c2n1. The Hall–Kier alpha value is -4.14. The molecule has 0 saturated carbocycles. The van der Waals surface area contributed by atoms with Gasteiger partial charge in [0.05, 0.1) is 4.92 Å². The van der Waals surface area contributed by atoms with Gasteiger partial charge in [0.2, 0.25) is 5.82 Å². The number of para-hydroxylation sites is 1. The van der Waals surface area contributed by atoms with Gasteiger partial charge in [-0.25, -0.2) is 9.97 Å². The highest BCUT2D eigenvalue weighted by molar-refractivity contribution is 5.85. The van der Waals surface area contributed by atoms with E-state index in [4.69, 9.17) is 4.74 Å². The minimum absolute atomic E-state index is 0.0632. The molecule has 1 N–H and O–H groups in total. The molecule has 0 amide bonds. The van der Waals surface area contributed by atoms with Crippen molar-refractivity contribution in [1.82, 2.24) is 19.9 Å². The molecule has 4 rings (SSSR count). The van der Waals surface area contributed by atoms with Gasteiger partial charge in [0.1, 0.15) is 11.8 Å². The van der Waals surface area contributed by atoms with E-state index in [0.29, 0.717) is 17.8 Å². The van der Waals surface area contributed by atoms with Gasteiger partial charge in [-0.3, -0.25) is 15.1 Å². The number of rotatable bonds is 6. The van der Waals surface area contributed by atoms with Crippen molar-refractivity contribution in [3.8, 4) is 11.6 Å². The number of fused-ring (bicyclic) bond motifs is 1. The topological polar surface area (TPSA) is 116 Å². The third kappa shape index (κ3) is 3.93. The lowest BCUT2D eigenvalue weighted by atomic mass is 10.2. The Morgan fingerprint density at radius 2 is 2.03 bits per heavy atom. The van der Waals surface area contributed by atoms with Crippen LogP contribution in [0.2, 0.25) is 0 Å². The van der Waals surface area contributed by atoms with E-state index in [1.807, 2.05) is 31.2 Å². The lowest BCUT2D eigenvalue weighted by molar-refractivity contribution is -0.385. The molecule has 9 heteroatoms. The highest BCUT2D eigenvalue weighted by Crippen LogP contribution is 2.36. The predicted molar refractivity (Wildman–Crippen MR) is 107 cm³/mol. The van der Waals surface area contributed by atoms with Crippen molar-refractivity contribution in [2.24, 2.45) is 0 Å². The Morgan fingerprint density at radius 3 is 2.83 bits per heavy atom. The molecule has 1 aromatic carbocycles. The molecule has 0 radical (unpaired) electrons. The molecule has 0 unspecified atom stereocenters. The van der Waals surface area contributed by atoms with E-state index in [9.17, 15) is 10.1 Å². The summed E-state index contributed by atoms with van der Waals surface area (Å²) < 4.78 is 5.82. The number of pyridine rings is 2. The first-order valence-corrected chi connectivity index (χ1v) is 8.78. The van der Waals surface area contributed by atoms with Crippen molar-refractivity contribution in [1.29, 1.82) is 0 Å². The zero-order chi connectivity index (χ0) is 20.2. The van der Waals surface area contributed by atoms with Gasteiger partial charge in [0.15, 0.2) is 5.75 Å². The second-order valence-corrected chi connectivity index (χ2v) is 6.23. The molecule has 0 atom stereocenters. The second-order valence-electron chi connectivity index (χ2n) is 6.23. The van der Waals surface area contributed by atoms with E-state index < -0.39 is 4.92 Å². The number of nitrogens with one attached hydrogen (secondary N) is 1. The number of nitrogens with zero attached hydrogens (tertiary/aromatic N) is 5. The molecule has 3 aromatic heterocycles. The fraction of sp³-hybridized carbons (Fsp3) is 0.100. The number of anilines is 1. The number of aryl methyl sites for hydroxylation is 1. The fourth-order valence-electron chi connectivity index (χ4n) is 2.82. The third-order valence-corrected chi connectivity index (χ3v) is 4.18. The van der Waals surface area contributed by atoms with Crippen molar-refractivity contribution >= 4 is 22.4 Å². The summed E-state index contributed by atoms with van der Waals surface area (Å²) in [6.45, 7) is 2.18. The fourth-order valence-corrected chi connectivity index (χ4v) is 2.82. The first kappa shape index (κ1) is 18.2. The summed E-state index contributed by atoms with van der Waals surface area (Å²) in [5.41, 5.74) is 1.92. The maximum absolute atomic E-state index is 11.7. The molecule has 4 aromatic rings. The minimum atomic E-state index is -0.565. The van der Waals surface area contributed by atoms with E-state index in [0.717, 1.165) is 16.6 Å². The second kappa shape index (κ2) is 7.85. The summed E-state index contributed by atoms with van der Waals surface area (Å²) in [6.07, 6.45) is 4.54. The molecule has 0 aliphatic rings. The Labute approximate surface area is 165 Å². The lowest BCUT2D eigenvalue weighted by Crippen LogP contribution is -2.07. The number of hydrogen-bond donors (Lipinski definition) is 1. The van der Waals surface area contributed by atoms with Gasteiger partial charge >= 0.3 is 11.6 Å². The van der Waals surface area contributed by atoms with Crippen molar-refractivity contribution in [3.05, 3.63) is 82.6 Å². The average Bonchev–Trinajstić information content (AvgIpc) is 2.73. The largest absolute Gasteiger partial charge is 0.431 e. The van der Waals surface area contributed by atoms with Gasteiger partial charge in [-0.2, -0.15) is 4.98 Å². The molecular weight excluding hydrogens is 372 g/mol. The van der Waals surface area contributed by atoms with Crippen LogP contribution in [0.15, 0.2) is 61.2 Å². The Balaban J connectivity index is 1.69. The highest BCUT2D eigenvalue weighted by Gasteiger charge is 2.25. The van der Waals surface area contributed by atoms with Gasteiger partial charge in [-0.05, 0) is 30.7 Å². The molecule has 144 valence electrons. The van der Waals surface area contributed by atoms with Gasteiger partial charge in [-0.1, -0.05) is 24.3 Å². The smallest absolute Gasteiger partial charge is 0.373 e. The predicted octanol–water partition coefficient (Wildman–Crippen LogP) is 4.04. The van der Waals surface area contributed by atoms with Crippen LogP contribution in [0.1, 0.15) is 11.3 Å². The van der Waals surface area contributed by atoms with Crippen LogP contribution in [0.3, 0.4) is 0 Å². The Kier molecular flexibility index (Phi) is 4.93. The molecular formula is C20H16N6O3. The normalized spacial score (nSPS) is 10.7. The summed E-state index contributed by atoms with van der Waals surface area (Å²) in [5.74, 6) is 0.286. The number of ether oxygens (including phenoxy) is 1. The zero-order valence-electron chi connectivity index (χ0n) is 15.4. The van der Waals surface area contributed by atoms with E-state index >= 15 is 0 Å². The summed E-state index contributed by atoms with van der Waals surface area (Å²) in [5, 5.41) is 15.6. The average molecular weight is 388 g/mol. The Morgan fingerprint density at radius 1 is 1.14 bits per heavy atom. The molecule has 0 aliphatic heterocycles. The van der Waals surface area contributed by atoms with Crippen molar-refractivity contribution in [3.63, 3.8) is 0 Å². The van der Waals surface area contributed by atoms with E-state index in [1.54, 1.807) is 30.6 Å². The van der Waals surface area contributed by atoms with Gasteiger partial charge in [0, 0.05) is 30.0 Å². The maximum atomic E-state index is 11.7. The van der Waals surface area contributed by atoms with E-state index in [2.05, 4.69) is 25.3 Å². The van der Waals surface area contributed by atoms with Gasteiger partial charge < -0.3 is 10.1 Å². The van der Waals surface area contributed by atoms with Crippen LogP contribution in [0.25, 0.3) is 10.9 Å². The first-order valence-electron chi connectivity index (χ1n) is 8.78. The molecule has 29 heavy (non-hydrogen) atoms. The zero-order valence-corrected chi connectivity index (χ0v) is 15.4. The van der Waals surface area contributed by atoms with Crippen LogP contribution >= 0.6 is 0 Å². The van der Waals surface area contributed by atoms with E-state index in [-0.39, 0.29) is 17.4 Å². The summed E-state index contributed by atoms with van der Waals surface area (Å²) in [7, 11) is 0. The first-order chi connectivity index (χ1) is 14.1. The van der Waals surface area contributed by atoms with Crippen LogP contribution in [-0.4, -0.2) is 24.9 Å². The van der Waals surface area contributed by atoms with Crippen molar-refractivity contribution < 1.29 is 9.66 Å². The van der Waals surface area contributed by atoms with Crippen LogP contribution in [0.5, 0.6) is 11.6 Å². The molecule has 0 fully saturated rings. The van der Waals surface area contributed by atoms with Crippen LogP contribution in [-0.2, 0) is 6.54 Å². The van der Waals surface area contributed by atoms with Crippen molar-refractivity contribution in [2.75, 3.05) is 5.32 Å². The number of benzene rings is 1. The molecule has 0 aliphatic carbocycles. The monoisotopic (exact) mass is 388 g/mol. The molecule has 3 heterocycles. The van der Waals surface area contributed by atoms with Crippen LogP contribution in [0, 0.1) is 17.0 Å². The van der Waals surface area contributed by atoms with Gasteiger partial charge in [0.25, 0.3) is 0 Å². The number of nitro groups is 1. The maximum Gasteiger partial charge on any atom is 0.373 e. The lowest BCUT2D eigenvalue weighted by Gasteiger charge is -2.10. The third-order valence-electron chi connectivity index (χ3n) is 4.18. The quantitative estimate of drug-likeness (QED) is 0.388. The number of aromatic nitrogens is 4.